The summed E-state index contributed by atoms with van der Waals surface area (Å²) in [6, 6.07) is 20.6. The molecular formula is C24H23NO5S. The number of nitrogens with one attached hydrogen (secondary N) is 1. The molecule has 0 spiro atoms. The van der Waals surface area contributed by atoms with Crippen LogP contribution in [0.3, 0.4) is 0 Å². The lowest BCUT2D eigenvalue weighted by molar-refractivity contribution is -0.114. The highest BCUT2D eigenvalue weighted by molar-refractivity contribution is 7.90. The first-order valence-corrected chi connectivity index (χ1v) is 11.0. The molecule has 0 aliphatic rings. The van der Waals surface area contributed by atoms with E-state index in [1.54, 1.807) is 36.4 Å². The quantitative estimate of drug-likeness (QED) is 0.566. The van der Waals surface area contributed by atoms with Gasteiger partial charge in [-0.25, -0.2) is 13.1 Å². The number of amides is 1. The number of hydrogen-bond donors (Lipinski definition) is 1. The Hall–Kier alpha value is -3.58. The van der Waals surface area contributed by atoms with Gasteiger partial charge in [-0.05, 0) is 31.2 Å². The molecule has 0 fully saturated rings. The minimum atomic E-state index is -4.02. The van der Waals surface area contributed by atoms with E-state index in [9.17, 15) is 13.2 Å². The molecule has 6 nitrogen and oxygen atoms in total. The van der Waals surface area contributed by atoms with Crippen LogP contribution in [0.25, 0.3) is 5.57 Å². The lowest BCUT2D eigenvalue weighted by Gasteiger charge is -2.15. The van der Waals surface area contributed by atoms with E-state index in [-0.39, 0.29) is 4.90 Å². The fourth-order valence-corrected chi connectivity index (χ4v) is 4.04. The average molecular weight is 438 g/mol. The van der Waals surface area contributed by atoms with Gasteiger partial charge >= 0.3 is 0 Å². The molecule has 0 bridgehead atoms. The minimum absolute atomic E-state index is 0.0102. The number of carbonyl (C=O) groups excluding carboxylic acids is 1. The number of methoxy groups -OCH3 is 2. The summed E-state index contributed by atoms with van der Waals surface area (Å²) >= 11 is 0. The monoisotopic (exact) mass is 437 g/mol. The zero-order valence-electron chi connectivity index (χ0n) is 17.5. The van der Waals surface area contributed by atoms with Gasteiger partial charge in [0.1, 0.15) is 11.5 Å². The maximum atomic E-state index is 12.8. The molecule has 3 rings (SSSR count). The third kappa shape index (κ3) is 5.13. The van der Waals surface area contributed by atoms with Crippen LogP contribution in [0.1, 0.15) is 16.7 Å². The SMILES string of the molecule is COc1ccccc1C(=CC(=O)NS(=O)(=O)c1ccc(C)cc1)c1ccccc1OC. The van der Waals surface area contributed by atoms with Crippen LogP contribution in [0, 0.1) is 6.92 Å². The van der Waals surface area contributed by atoms with Crippen LogP contribution in [0.15, 0.2) is 83.8 Å². The number of hydrogen-bond acceptors (Lipinski definition) is 5. The van der Waals surface area contributed by atoms with Crippen molar-refractivity contribution in [2.45, 2.75) is 11.8 Å². The number of benzene rings is 3. The molecule has 0 saturated carbocycles. The Kier molecular flexibility index (Phi) is 6.77. The number of carbonyl (C=O) groups is 1. The number of para-hydroxylation sites is 2. The molecule has 1 amide bonds. The number of aryl methyl sites for hydroxylation is 1. The van der Waals surface area contributed by atoms with Gasteiger partial charge in [0.15, 0.2) is 0 Å². The third-order valence-electron chi connectivity index (χ3n) is 4.64. The molecule has 0 unspecified atom stereocenters. The molecule has 0 saturated heterocycles. The summed E-state index contributed by atoms with van der Waals surface area (Å²) in [5.41, 5.74) is 2.63. The summed E-state index contributed by atoms with van der Waals surface area (Å²) in [7, 11) is -0.968. The summed E-state index contributed by atoms with van der Waals surface area (Å²) in [6.07, 6.45) is 1.24. The largest absolute Gasteiger partial charge is 0.496 e. The maximum absolute atomic E-state index is 12.8. The molecule has 0 aliphatic carbocycles. The molecule has 0 aliphatic heterocycles. The van der Waals surface area contributed by atoms with Gasteiger partial charge in [-0.3, -0.25) is 4.79 Å². The maximum Gasteiger partial charge on any atom is 0.264 e. The molecule has 7 heteroatoms. The number of ether oxygens (including phenoxy) is 2. The van der Waals surface area contributed by atoms with Gasteiger partial charge in [0.25, 0.3) is 15.9 Å². The van der Waals surface area contributed by atoms with Crippen LogP contribution in [0.2, 0.25) is 0 Å². The Morgan fingerprint density at radius 3 is 1.77 bits per heavy atom. The van der Waals surface area contributed by atoms with Crippen molar-refractivity contribution >= 4 is 21.5 Å². The van der Waals surface area contributed by atoms with E-state index in [1.165, 1.54) is 32.4 Å². The van der Waals surface area contributed by atoms with Gasteiger partial charge in [0, 0.05) is 22.8 Å². The Labute approximate surface area is 182 Å². The minimum Gasteiger partial charge on any atom is -0.496 e. The predicted molar refractivity (Wildman–Crippen MR) is 120 cm³/mol. The van der Waals surface area contributed by atoms with Crippen molar-refractivity contribution in [3.05, 3.63) is 95.6 Å². The van der Waals surface area contributed by atoms with Crippen LogP contribution < -0.4 is 14.2 Å². The Morgan fingerprint density at radius 1 is 0.806 bits per heavy atom. The van der Waals surface area contributed by atoms with Gasteiger partial charge in [-0.1, -0.05) is 54.1 Å². The van der Waals surface area contributed by atoms with Gasteiger partial charge in [0.2, 0.25) is 0 Å². The molecule has 0 radical (unpaired) electrons. The number of rotatable bonds is 7. The van der Waals surface area contributed by atoms with E-state index in [0.717, 1.165) is 5.56 Å². The summed E-state index contributed by atoms with van der Waals surface area (Å²) in [4.78, 5) is 12.8. The van der Waals surface area contributed by atoms with Gasteiger partial charge in [-0.2, -0.15) is 0 Å². The van der Waals surface area contributed by atoms with Gasteiger partial charge < -0.3 is 9.47 Å². The van der Waals surface area contributed by atoms with Crippen LogP contribution in [-0.4, -0.2) is 28.5 Å². The van der Waals surface area contributed by atoms with Crippen LogP contribution >= 0.6 is 0 Å². The van der Waals surface area contributed by atoms with E-state index in [4.69, 9.17) is 9.47 Å². The first kappa shape index (κ1) is 22.1. The van der Waals surface area contributed by atoms with Gasteiger partial charge in [0.05, 0.1) is 19.1 Å². The fourth-order valence-electron chi connectivity index (χ4n) is 3.10. The standard InChI is InChI=1S/C24H23NO5S/c1-17-12-14-18(15-13-17)31(27,28)25-24(26)16-21(19-8-4-6-10-22(19)29-2)20-9-5-7-11-23(20)30-3/h4-16H,1-3H3,(H,25,26). The topological polar surface area (TPSA) is 81.7 Å². The second-order valence-electron chi connectivity index (χ2n) is 6.74. The van der Waals surface area contributed by atoms with Crippen molar-refractivity contribution in [2.24, 2.45) is 0 Å². The number of sulfonamides is 1. The van der Waals surface area contributed by atoms with Crippen molar-refractivity contribution in [1.82, 2.24) is 4.72 Å². The van der Waals surface area contributed by atoms with Gasteiger partial charge in [-0.15, -0.1) is 0 Å². The van der Waals surface area contributed by atoms with E-state index < -0.39 is 15.9 Å². The average Bonchev–Trinajstić information content (AvgIpc) is 2.77. The van der Waals surface area contributed by atoms with E-state index in [1.807, 2.05) is 31.2 Å². The predicted octanol–water partition coefficient (Wildman–Crippen LogP) is 3.95. The molecule has 0 heterocycles. The molecule has 31 heavy (non-hydrogen) atoms. The molecule has 1 N–H and O–H groups in total. The smallest absolute Gasteiger partial charge is 0.264 e. The van der Waals surface area contributed by atoms with Crippen molar-refractivity contribution in [2.75, 3.05) is 14.2 Å². The molecule has 0 atom stereocenters. The summed E-state index contributed by atoms with van der Waals surface area (Å²) in [6.45, 7) is 1.85. The molecule has 3 aromatic carbocycles. The normalized spacial score (nSPS) is 10.8. The highest BCUT2D eigenvalue weighted by Gasteiger charge is 2.20. The van der Waals surface area contributed by atoms with Crippen molar-refractivity contribution < 1.29 is 22.7 Å². The van der Waals surface area contributed by atoms with E-state index >= 15 is 0 Å². The second-order valence-corrected chi connectivity index (χ2v) is 8.42. The molecule has 3 aromatic rings. The summed E-state index contributed by atoms with van der Waals surface area (Å²) < 4.78 is 38.3. The van der Waals surface area contributed by atoms with E-state index in [0.29, 0.717) is 28.2 Å². The Balaban J connectivity index is 2.07. The van der Waals surface area contributed by atoms with Crippen molar-refractivity contribution in [3.63, 3.8) is 0 Å². The molecular weight excluding hydrogens is 414 g/mol. The Morgan fingerprint density at radius 2 is 1.29 bits per heavy atom. The zero-order chi connectivity index (χ0) is 22.4. The highest BCUT2D eigenvalue weighted by atomic mass is 32.2. The van der Waals surface area contributed by atoms with E-state index in [2.05, 4.69) is 4.72 Å². The van der Waals surface area contributed by atoms with Crippen LogP contribution in [0.4, 0.5) is 0 Å². The zero-order valence-corrected chi connectivity index (χ0v) is 18.3. The highest BCUT2D eigenvalue weighted by Crippen LogP contribution is 2.35. The Bertz CT molecular complexity index is 1170. The summed E-state index contributed by atoms with van der Waals surface area (Å²) in [5.74, 6) is 0.287. The third-order valence-corrected chi connectivity index (χ3v) is 6.00. The van der Waals surface area contributed by atoms with Crippen LogP contribution in [-0.2, 0) is 14.8 Å². The first-order chi connectivity index (χ1) is 14.9. The first-order valence-electron chi connectivity index (χ1n) is 9.47. The van der Waals surface area contributed by atoms with Crippen LogP contribution in [0.5, 0.6) is 11.5 Å². The lowest BCUT2D eigenvalue weighted by Crippen LogP contribution is -2.29. The van der Waals surface area contributed by atoms with Crippen molar-refractivity contribution in [3.8, 4) is 11.5 Å². The second kappa shape index (κ2) is 9.49. The summed E-state index contributed by atoms with van der Waals surface area (Å²) in [5, 5.41) is 0. The lowest BCUT2D eigenvalue weighted by atomic mass is 9.95. The molecule has 0 aromatic heterocycles. The molecule has 160 valence electrons. The fraction of sp³-hybridized carbons (Fsp3) is 0.125. The van der Waals surface area contributed by atoms with Crippen molar-refractivity contribution in [1.29, 1.82) is 0 Å².